The van der Waals surface area contributed by atoms with Gasteiger partial charge in [0, 0.05) is 25.5 Å². The highest BCUT2D eigenvalue weighted by molar-refractivity contribution is 7.86. The lowest BCUT2D eigenvalue weighted by Gasteiger charge is -2.28. The fourth-order valence-corrected chi connectivity index (χ4v) is 6.08. The van der Waals surface area contributed by atoms with Gasteiger partial charge in [0.2, 0.25) is 0 Å². The minimum Gasteiger partial charge on any atom is -0.495 e. The normalized spacial score (nSPS) is 16.2. The number of aryl methyl sites for hydroxylation is 2. The summed E-state index contributed by atoms with van der Waals surface area (Å²) in [6, 6.07) is 9.86. The van der Waals surface area contributed by atoms with Crippen LogP contribution in [0.4, 0.5) is 10.9 Å². The molecule has 1 aromatic carbocycles. The zero-order chi connectivity index (χ0) is 23.4. The third-order valence-electron chi connectivity index (χ3n) is 5.95. The van der Waals surface area contributed by atoms with E-state index < -0.39 is 11.0 Å². The zero-order valence-corrected chi connectivity index (χ0v) is 21.0. The standard InChI is InChI=1S/C24H30N4O3S2/c1-15-6-5-11-25-23(15)28-33(29)21-14-19(7-8-20(21)30-4)22-17(3)27-24(32-22)26-16(2)18-9-12-31-13-10-18/h5-8,11,14,16,18H,9-10,12-13H2,1-4H3,(H,25,28)(H,26,27). The van der Waals surface area contributed by atoms with Gasteiger partial charge in [-0.3, -0.25) is 4.72 Å². The Hall–Kier alpha value is -2.49. The van der Waals surface area contributed by atoms with E-state index in [0.717, 1.165) is 52.9 Å². The summed E-state index contributed by atoms with van der Waals surface area (Å²) in [4.78, 5) is 10.7. The van der Waals surface area contributed by atoms with Crippen LogP contribution in [-0.2, 0) is 15.7 Å². The van der Waals surface area contributed by atoms with Crippen molar-refractivity contribution in [1.29, 1.82) is 0 Å². The molecule has 2 N–H and O–H groups in total. The molecular formula is C24H30N4O3S2. The average Bonchev–Trinajstić information content (AvgIpc) is 3.20. The summed E-state index contributed by atoms with van der Waals surface area (Å²) >= 11 is 1.62. The summed E-state index contributed by atoms with van der Waals surface area (Å²) in [5.41, 5.74) is 2.83. The van der Waals surface area contributed by atoms with Gasteiger partial charge in [0.1, 0.15) is 16.5 Å². The third-order valence-corrected chi connectivity index (χ3v) is 8.18. The SMILES string of the molecule is COc1ccc(-c2sc(NC(C)C3CCOCC3)nc2C)cc1S(=O)Nc1ncccc1C. The Morgan fingerprint density at radius 3 is 2.76 bits per heavy atom. The minimum absolute atomic E-state index is 0.331. The second-order valence-electron chi connectivity index (χ2n) is 8.22. The average molecular weight is 487 g/mol. The number of thiazole rings is 1. The van der Waals surface area contributed by atoms with E-state index in [1.807, 2.05) is 44.2 Å². The number of aromatic nitrogens is 2. The van der Waals surface area contributed by atoms with Crippen molar-refractivity contribution in [2.24, 2.45) is 5.92 Å². The number of rotatable bonds is 8. The minimum atomic E-state index is -1.53. The number of ether oxygens (including phenoxy) is 2. The van der Waals surface area contributed by atoms with Gasteiger partial charge in [-0.1, -0.05) is 17.4 Å². The van der Waals surface area contributed by atoms with Crippen molar-refractivity contribution in [3.05, 3.63) is 47.8 Å². The molecule has 2 atom stereocenters. The van der Waals surface area contributed by atoms with Crippen molar-refractivity contribution < 1.29 is 13.7 Å². The van der Waals surface area contributed by atoms with Crippen molar-refractivity contribution in [2.75, 3.05) is 30.4 Å². The molecule has 1 aliphatic heterocycles. The topological polar surface area (TPSA) is 85.4 Å². The first-order chi connectivity index (χ1) is 16.0. The Balaban J connectivity index is 1.57. The highest BCUT2D eigenvalue weighted by atomic mass is 32.2. The van der Waals surface area contributed by atoms with E-state index in [-0.39, 0.29) is 0 Å². The van der Waals surface area contributed by atoms with Gasteiger partial charge in [0.15, 0.2) is 16.1 Å². The van der Waals surface area contributed by atoms with Gasteiger partial charge in [-0.15, -0.1) is 0 Å². The summed E-state index contributed by atoms with van der Waals surface area (Å²) in [7, 11) is 0.0495. The van der Waals surface area contributed by atoms with Crippen molar-refractivity contribution in [1.82, 2.24) is 9.97 Å². The van der Waals surface area contributed by atoms with E-state index in [0.29, 0.717) is 28.4 Å². The molecule has 3 heterocycles. The van der Waals surface area contributed by atoms with Gasteiger partial charge in [-0.05, 0) is 74.9 Å². The van der Waals surface area contributed by atoms with Crippen LogP contribution in [0.1, 0.15) is 31.0 Å². The first-order valence-electron chi connectivity index (χ1n) is 11.1. The predicted octanol–water partition coefficient (Wildman–Crippen LogP) is 5.19. The lowest BCUT2D eigenvalue weighted by Crippen LogP contribution is -2.30. The molecule has 3 aromatic rings. The fraction of sp³-hybridized carbons (Fsp3) is 0.417. The molecule has 176 valence electrons. The van der Waals surface area contributed by atoms with E-state index in [4.69, 9.17) is 14.5 Å². The van der Waals surface area contributed by atoms with Crippen LogP contribution in [0.15, 0.2) is 41.4 Å². The molecule has 4 rings (SSSR count). The molecule has 0 aliphatic carbocycles. The van der Waals surface area contributed by atoms with Gasteiger partial charge in [-0.2, -0.15) is 0 Å². The van der Waals surface area contributed by atoms with Crippen LogP contribution in [0.25, 0.3) is 10.4 Å². The van der Waals surface area contributed by atoms with Gasteiger partial charge in [0.25, 0.3) is 0 Å². The van der Waals surface area contributed by atoms with Gasteiger partial charge >= 0.3 is 0 Å². The lowest BCUT2D eigenvalue weighted by molar-refractivity contribution is 0.0622. The van der Waals surface area contributed by atoms with E-state index in [1.165, 1.54) is 0 Å². The second kappa shape index (κ2) is 10.6. The van der Waals surface area contributed by atoms with Crippen molar-refractivity contribution in [3.63, 3.8) is 0 Å². The van der Waals surface area contributed by atoms with Crippen molar-refractivity contribution in [3.8, 4) is 16.2 Å². The molecule has 0 radical (unpaired) electrons. The molecule has 33 heavy (non-hydrogen) atoms. The summed E-state index contributed by atoms with van der Waals surface area (Å²) in [5.74, 6) is 1.74. The number of hydrogen-bond donors (Lipinski definition) is 2. The Kier molecular flexibility index (Phi) is 7.62. The van der Waals surface area contributed by atoms with Gasteiger partial charge in [0.05, 0.1) is 17.7 Å². The summed E-state index contributed by atoms with van der Waals surface area (Å²) < 4.78 is 27.2. The monoisotopic (exact) mass is 486 g/mol. The fourth-order valence-electron chi connectivity index (χ4n) is 3.95. The number of nitrogens with zero attached hydrogens (tertiary/aromatic N) is 2. The molecule has 1 fully saturated rings. The van der Waals surface area contributed by atoms with Crippen LogP contribution in [0, 0.1) is 19.8 Å². The number of benzene rings is 1. The van der Waals surface area contributed by atoms with Crippen LogP contribution < -0.4 is 14.8 Å². The number of pyridine rings is 1. The summed E-state index contributed by atoms with van der Waals surface area (Å²) in [6.45, 7) is 7.81. The van der Waals surface area contributed by atoms with Crippen molar-refractivity contribution >= 4 is 33.3 Å². The van der Waals surface area contributed by atoms with Crippen LogP contribution in [0.5, 0.6) is 5.75 Å². The molecule has 9 heteroatoms. The van der Waals surface area contributed by atoms with Gasteiger partial charge in [-0.25, -0.2) is 14.2 Å². The number of nitrogens with one attached hydrogen (secondary N) is 2. The molecule has 0 amide bonds. The number of anilines is 2. The van der Waals surface area contributed by atoms with Crippen LogP contribution in [0.3, 0.4) is 0 Å². The maximum absolute atomic E-state index is 13.2. The lowest BCUT2D eigenvalue weighted by atomic mass is 9.93. The number of methoxy groups -OCH3 is 1. The molecular weight excluding hydrogens is 456 g/mol. The first-order valence-corrected chi connectivity index (χ1v) is 13.0. The molecule has 0 spiro atoms. The Labute approximate surface area is 201 Å². The first kappa shape index (κ1) is 23.7. The maximum Gasteiger partial charge on any atom is 0.183 e. The molecule has 1 aliphatic rings. The van der Waals surface area contributed by atoms with Crippen LogP contribution >= 0.6 is 11.3 Å². The second-order valence-corrected chi connectivity index (χ2v) is 10.4. The predicted molar refractivity (Wildman–Crippen MR) is 134 cm³/mol. The quantitative estimate of drug-likeness (QED) is 0.456. The molecule has 2 unspecified atom stereocenters. The number of hydrogen-bond acceptors (Lipinski definition) is 7. The molecule has 1 saturated heterocycles. The summed E-state index contributed by atoms with van der Waals surface area (Å²) in [5, 5.41) is 4.49. The van der Waals surface area contributed by atoms with E-state index in [2.05, 4.69) is 21.9 Å². The van der Waals surface area contributed by atoms with E-state index in [1.54, 1.807) is 24.6 Å². The third kappa shape index (κ3) is 5.54. The molecule has 0 saturated carbocycles. The van der Waals surface area contributed by atoms with E-state index >= 15 is 0 Å². The Bertz CT molecular complexity index is 1130. The highest BCUT2D eigenvalue weighted by Crippen LogP contribution is 2.37. The molecule has 2 aromatic heterocycles. The summed E-state index contributed by atoms with van der Waals surface area (Å²) in [6.07, 6.45) is 3.82. The van der Waals surface area contributed by atoms with Gasteiger partial charge < -0.3 is 14.8 Å². The smallest absolute Gasteiger partial charge is 0.183 e. The Morgan fingerprint density at radius 1 is 1.24 bits per heavy atom. The Morgan fingerprint density at radius 2 is 2.03 bits per heavy atom. The van der Waals surface area contributed by atoms with Crippen molar-refractivity contribution in [2.45, 2.75) is 44.6 Å². The zero-order valence-electron chi connectivity index (χ0n) is 19.4. The van der Waals surface area contributed by atoms with Crippen LogP contribution in [-0.4, -0.2) is 40.5 Å². The largest absolute Gasteiger partial charge is 0.495 e. The molecule has 0 bridgehead atoms. The maximum atomic E-state index is 13.2. The van der Waals surface area contributed by atoms with E-state index in [9.17, 15) is 4.21 Å². The highest BCUT2D eigenvalue weighted by Gasteiger charge is 2.22. The van der Waals surface area contributed by atoms with Crippen LogP contribution in [0.2, 0.25) is 0 Å². The molecule has 7 nitrogen and oxygen atoms in total.